The van der Waals surface area contributed by atoms with Gasteiger partial charge >= 0.3 is 0 Å². The van der Waals surface area contributed by atoms with Crippen LogP contribution in [0.15, 0.2) is 59.6 Å². The number of thioether (sulfide) groups is 1. The van der Waals surface area contributed by atoms with E-state index in [0.29, 0.717) is 16.3 Å². The summed E-state index contributed by atoms with van der Waals surface area (Å²) in [6.45, 7) is 0. The molecule has 0 aliphatic heterocycles. The van der Waals surface area contributed by atoms with E-state index in [1.54, 1.807) is 12.1 Å². The minimum Gasteiger partial charge on any atom is -0.399 e. The summed E-state index contributed by atoms with van der Waals surface area (Å²) in [6, 6.07) is 12.7. The Balaban J connectivity index is 2.14. The van der Waals surface area contributed by atoms with Crippen LogP contribution in [0, 0.1) is 10.1 Å². The van der Waals surface area contributed by atoms with Crippen molar-refractivity contribution >= 4 is 34.6 Å². The number of nitro benzene ring substituents is 1. The fourth-order valence-corrected chi connectivity index (χ4v) is 2.25. The fourth-order valence-electron chi connectivity index (χ4n) is 1.80. The van der Waals surface area contributed by atoms with Gasteiger partial charge in [-0.2, -0.15) is 0 Å². The molecule has 6 nitrogen and oxygen atoms in total. The maximum absolute atomic E-state index is 12.2. The highest BCUT2D eigenvalue weighted by Crippen LogP contribution is 2.20. The molecule has 0 amide bonds. The van der Waals surface area contributed by atoms with Crippen LogP contribution in [0.4, 0.5) is 17.1 Å². The first-order chi connectivity index (χ1) is 11.0. The van der Waals surface area contributed by atoms with E-state index < -0.39 is 4.92 Å². The number of hydrogen-bond acceptors (Lipinski definition) is 6. The summed E-state index contributed by atoms with van der Waals surface area (Å²) in [7, 11) is 0. The van der Waals surface area contributed by atoms with Crippen molar-refractivity contribution in [2.75, 3.05) is 17.3 Å². The Morgan fingerprint density at radius 2 is 1.78 bits per heavy atom. The smallest absolute Gasteiger partial charge is 0.269 e. The van der Waals surface area contributed by atoms with Gasteiger partial charge in [0, 0.05) is 35.1 Å². The molecule has 0 aliphatic rings. The van der Waals surface area contributed by atoms with Crippen LogP contribution in [0.5, 0.6) is 0 Å². The number of rotatable bonds is 6. The summed E-state index contributed by atoms with van der Waals surface area (Å²) in [6.07, 6.45) is 3.31. The molecule has 0 bridgehead atoms. The zero-order chi connectivity index (χ0) is 16.8. The topological polar surface area (TPSA) is 98.3 Å². The first-order valence-corrected chi connectivity index (χ1v) is 7.89. The molecule has 7 heteroatoms. The molecule has 0 aromatic heterocycles. The first-order valence-electron chi connectivity index (χ1n) is 6.66. The van der Waals surface area contributed by atoms with Gasteiger partial charge in [-0.25, -0.2) is 0 Å². The number of nitro groups is 1. The number of benzene rings is 2. The zero-order valence-electron chi connectivity index (χ0n) is 12.4. The lowest BCUT2D eigenvalue weighted by atomic mass is 10.1. The maximum Gasteiger partial charge on any atom is 0.269 e. The highest BCUT2D eigenvalue weighted by Gasteiger charge is 2.09. The number of nitrogens with zero attached hydrogens (tertiary/aromatic N) is 1. The summed E-state index contributed by atoms with van der Waals surface area (Å²) < 4.78 is 0. The quantitative estimate of drug-likeness (QED) is 0.276. The third-order valence-electron chi connectivity index (χ3n) is 3.02. The number of ketones is 1. The number of nitrogens with one attached hydrogen (secondary N) is 1. The number of carbonyl (C=O) groups is 1. The molecule has 0 fully saturated rings. The number of hydrogen-bond donors (Lipinski definition) is 2. The Morgan fingerprint density at radius 1 is 1.17 bits per heavy atom. The van der Waals surface area contributed by atoms with E-state index in [1.807, 2.05) is 18.4 Å². The van der Waals surface area contributed by atoms with Crippen molar-refractivity contribution in [1.29, 1.82) is 0 Å². The van der Waals surface area contributed by atoms with Crippen molar-refractivity contribution in [2.24, 2.45) is 0 Å². The lowest BCUT2D eigenvalue weighted by Gasteiger charge is -2.08. The van der Waals surface area contributed by atoms with Crippen molar-refractivity contribution in [3.63, 3.8) is 0 Å². The van der Waals surface area contributed by atoms with Crippen molar-refractivity contribution in [3.05, 3.63) is 75.3 Å². The molecule has 0 spiro atoms. The van der Waals surface area contributed by atoms with Gasteiger partial charge in [0.05, 0.1) is 9.95 Å². The van der Waals surface area contributed by atoms with Crippen LogP contribution < -0.4 is 11.1 Å². The number of nitrogen functional groups attached to an aromatic ring is 1. The van der Waals surface area contributed by atoms with Crippen LogP contribution in [0.2, 0.25) is 0 Å². The molecule has 2 aromatic rings. The van der Waals surface area contributed by atoms with Gasteiger partial charge in [-0.1, -0.05) is 0 Å². The van der Waals surface area contributed by atoms with Crippen molar-refractivity contribution in [2.45, 2.75) is 0 Å². The largest absolute Gasteiger partial charge is 0.399 e. The number of non-ortho nitro benzene ring substituents is 1. The van der Waals surface area contributed by atoms with Crippen LogP contribution in [0.1, 0.15) is 10.4 Å². The van der Waals surface area contributed by atoms with E-state index in [9.17, 15) is 14.9 Å². The summed E-state index contributed by atoms with van der Waals surface area (Å²) in [5, 5.41) is 14.4. The second kappa shape index (κ2) is 7.46. The standard InChI is InChI=1S/C16H15N3O3S/c1-23-16(18-13-6-4-12(17)5-7-13)10-15(20)11-2-8-14(9-3-11)19(21)22/h2-10,18H,17H2,1H3/b16-10-. The Labute approximate surface area is 137 Å². The Bertz CT molecular complexity index is 740. The lowest BCUT2D eigenvalue weighted by Crippen LogP contribution is -2.02. The molecule has 0 radical (unpaired) electrons. The molecule has 0 aliphatic carbocycles. The molecule has 3 N–H and O–H groups in total. The van der Waals surface area contributed by atoms with Crippen LogP contribution in [0.25, 0.3) is 0 Å². The second-order valence-electron chi connectivity index (χ2n) is 4.63. The predicted molar refractivity (Wildman–Crippen MR) is 93.5 cm³/mol. The Kier molecular flexibility index (Phi) is 5.37. The van der Waals surface area contributed by atoms with E-state index >= 15 is 0 Å². The molecule has 0 heterocycles. The van der Waals surface area contributed by atoms with Gasteiger partial charge in [-0.15, -0.1) is 11.8 Å². The highest BCUT2D eigenvalue weighted by molar-refractivity contribution is 8.02. The summed E-state index contributed by atoms with van der Waals surface area (Å²) in [5.41, 5.74) is 7.45. The van der Waals surface area contributed by atoms with Crippen LogP contribution in [-0.4, -0.2) is 17.0 Å². The van der Waals surface area contributed by atoms with E-state index in [4.69, 9.17) is 5.73 Å². The molecule has 2 aromatic carbocycles. The summed E-state index contributed by atoms with van der Waals surface area (Å²) in [4.78, 5) is 22.3. The Morgan fingerprint density at radius 3 is 2.30 bits per heavy atom. The zero-order valence-corrected chi connectivity index (χ0v) is 13.2. The van der Waals surface area contributed by atoms with E-state index in [2.05, 4.69) is 5.32 Å². The van der Waals surface area contributed by atoms with Gasteiger partial charge < -0.3 is 11.1 Å². The van der Waals surface area contributed by atoms with Crippen molar-refractivity contribution in [1.82, 2.24) is 0 Å². The van der Waals surface area contributed by atoms with Crippen LogP contribution >= 0.6 is 11.8 Å². The van der Waals surface area contributed by atoms with Gasteiger partial charge in [0.2, 0.25) is 0 Å². The molecular weight excluding hydrogens is 314 g/mol. The van der Waals surface area contributed by atoms with Gasteiger partial charge in [-0.3, -0.25) is 14.9 Å². The molecule has 0 unspecified atom stereocenters. The van der Waals surface area contributed by atoms with E-state index in [-0.39, 0.29) is 11.5 Å². The molecule has 0 saturated carbocycles. The number of nitrogens with two attached hydrogens (primary N) is 1. The molecule has 118 valence electrons. The lowest BCUT2D eigenvalue weighted by molar-refractivity contribution is -0.384. The summed E-state index contributed by atoms with van der Waals surface area (Å²) >= 11 is 1.39. The SMILES string of the molecule is CS/C(=C\C(=O)c1ccc([N+](=O)[O-])cc1)Nc1ccc(N)cc1. The van der Waals surface area contributed by atoms with Crippen molar-refractivity contribution < 1.29 is 9.72 Å². The van der Waals surface area contributed by atoms with Crippen LogP contribution in [-0.2, 0) is 0 Å². The van der Waals surface area contributed by atoms with Gasteiger partial charge in [0.15, 0.2) is 5.78 Å². The molecule has 2 rings (SSSR count). The third-order valence-corrected chi connectivity index (χ3v) is 3.68. The number of anilines is 2. The minimum atomic E-state index is -0.500. The minimum absolute atomic E-state index is 0.0457. The molecule has 0 atom stereocenters. The predicted octanol–water partition coefficient (Wildman–Crippen LogP) is 3.68. The summed E-state index contributed by atoms with van der Waals surface area (Å²) in [5.74, 6) is -0.229. The first kappa shape index (κ1) is 16.6. The van der Waals surface area contributed by atoms with Gasteiger partial charge in [0.1, 0.15) is 0 Å². The number of carbonyl (C=O) groups excluding carboxylic acids is 1. The molecule has 23 heavy (non-hydrogen) atoms. The normalized spacial score (nSPS) is 11.1. The highest BCUT2D eigenvalue weighted by atomic mass is 32.2. The third kappa shape index (κ3) is 4.58. The van der Waals surface area contributed by atoms with Gasteiger partial charge in [0.25, 0.3) is 5.69 Å². The monoisotopic (exact) mass is 329 g/mol. The Hall–Kier alpha value is -2.80. The maximum atomic E-state index is 12.2. The second-order valence-corrected chi connectivity index (χ2v) is 5.48. The van der Waals surface area contributed by atoms with Crippen LogP contribution in [0.3, 0.4) is 0 Å². The number of allylic oxidation sites excluding steroid dienone is 1. The fraction of sp³-hybridized carbons (Fsp3) is 0.0625. The molecular formula is C16H15N3O3S. The van der Waals surface area contributed by atoms with E-state index in [1.165, 1.54) is 42.1 Å². The average Bonchev–Trinajstić information content (AvgIpc) is 2.56. The average molecular weight is 329 g/mol. The van der Waals surface area contributed by atoms with E-state index in [0.717, 1.165) is 5.69 Å². The van der Waals surface area contributed by atoms with Gasteiger partial charge in [-0.05, 0) is 42.7 Å². The van der Waals surface area contributed by atoms with Crippen molar-refractivity contribution in [3.8, 4) is 0 Å². The molecule has 0 saturated heterocycles.